The Hall–Kier alpha value is -3.35. The number of piperidine rings is 1. The van der Waals surface area contributed by atoms with Crippen molar-refractivity contribution in [3.05, 3.63) is 53.5 Å². The fourth-order valence-corrected chi connectivity index (χ4v) is 7.84. The Morgan fingerprint density at radius 1 is 0.957 bits per heavy atom. The van der Waals surface area contributed by atoms with Gasteiger partial charge in [-0.3, -0.25) is 9.88 Å². The summed E-state index contributed by atoms with van der Waals surface area (Å²) < 4.78 is 5.73. The second kappa shape index (κ2) is 13.0. The van der Waals surface area contributed by atoms with E-state index in [0.29, 0.717) is 23.2 Å². The van der Waals surface area contributed by atoms with Gasteiger partial charge >= 0.3 is 0 Å². The van der Waals surface area contributed by atoms with Gasteiger partial charge in [-0.05, 0) is 88.9 Å². The molecule has 4 fully saturated rings. The van der Waals surface area contributed by atoms with E-state index in [9.17, 15) is 5.11 Å². The van der Waals surface area contributed by atoms with Crippen molar-refractivity contribution in [1.29, 1.82) is 0 Å². The van der Waals surface area contributed by atoms with Crippen molar-refractivity contribution in [1.82, 2.24) is 24.8 Å². The summed E-state index contributed by atoms with van der Waals surface area (Å²) in [6.07, 6.45) is 5.92. The third-order valence-electron chi connectivity index (χ3n) is 10.7. The van der Waals surface area contributed by atoms with Crippen LogP contribution in [0.3, 0.4) is 0 Å². The van der Waals surface area contributed by atoms with E-state index in [0.717, 1.165) is 74.9 Å². The van der Waals surface area contributed by atoms with Crippen molar-refractivity contribution in [3.8, 4) is 11.3 Å². The number of ether oxygens (including phenoxy) is 1. The van der Waals surface area contributed by atoms with Crippen LogP contribution in [0.15, 0.2) is 36.5 Å². The quantitative estimate of drug-likeness (QED) is 0.332. The monoisotopic (exact) mass is 627 g/mol. The first-order valence-corrected chi connectivity index (χ1v) is 17.0. The Labute approximate surface area is 272 Å². The number of aliphatic hydroxyl groups is 1. The lowest BCUT2D eigenvalue weighted by Gasteiger charge is -2.55. The normalized spacial score (nSPS) is 21.8. The number of piperazine rings is 1. The molecule has 1 unspecified atom stereocenters. The van der Waals surface area contributed by atoms with Gasteiger partial charge in [0.25, 0.3) is 0 Å². The minimum atomic E-state index is -1.29. The zero-order valence-electron chi connectivity index (χ0n) is 27.6. The molecule has 11 nitrogen and oxygen atoms in total. The molecule has 0 amide bonds. The van der Waals surface area contributed by atoms with E-state index in [1.807, 2.05) is 19.1 Å². The van der Waals surface area contributed by atoms with Crippen LogP contribution < -0.4 is 20.9 Å². The van der Waals surface area contributed by atoms with Gasteiger partial charge < -0.3 is 35.6 Å². The standard InChI is InChI=1S/C35H49N9O2/c1-24-22-27(4-5-29(24)43-13-7-28(8-14-43)42-18-16-41(3)17-19-42)38-33-31(32(36)45)39-30(26-6-12-37-25(2)23-26)34(40-33)44-15-9-35(44)10-20-46-21-11-35/h4-6,12,22-23,28,32,45H,7-11,13-21,36H2,1-3H3,(H,38,40). The number of benzene rings is 1. The summed E-state index contributed by atoms with van der Waals surface area (Å²) in [4.78, 5) is 24.6. The number of anilines is 4. The van der Waals surface area contributed by atoms with Crippen LogP contribution in [0.1, 0.15) is 55.3 Å². The highest BCUT2D eigenvalue weighted by molar-refractivity contribution is 5.77. The molecule has 2 aromatic heterocycles. The van der Waals surface area contributed by atoms with Crippen LogP contribution in [-0.4, -0.2) is 108 Å². The van der Waals surface area contributed by atoms with Gasteiger partial charge in [-0.1, -0.05) is 0 Å². The largest absolute Gasteiger partial charge is 0.381 e. The second-order valence-electron chi connectivity index (χ2n) is 13.7. The maximum absolute atomic E-state index is 10.7. The van der Waals surface area contributed by atoms with Crippen LogP contribution in [0.2, 0.25) is 0 Å². The average Bonchev–Trinajstić information content (AvgIpc) is 3.05. The first-order chi connectivity index (χ1) is 22.3. The van der Waals surface area contributed by atoms with Crippen molar-refractivity contribution >= 4 is 23.0 Å². The number of pyridine rings is 1. The molecule has 0 aliphatic carbocycles. The molecule has 0 radical (unpaired) electrons. The molecule has 11 heteroatoms. The lowest BCUT2D eigenvalue weighted by Crippen LogP contribution is -2.63. The summed E-state index contributed by atoms with van der Waals surface area (Å²) in [6, 6.07) is 11.1. The Bertz CT molecular complexity index is 1530. The van der Waals surface area contributed by atoms with E-state index in [-0.39, 0.29) is 5.54 Å². The molecule has 3 aromatic rings. The van der Waals surface area contributed by atoms with E-state index in [1.54, 1.807) is 6.20 Å². The van der Waals surface area contributed by atoms with Crippen molar-refractivity contribution in [3.63, 3.8) is 0 Å². The number of aromatic nitrogens is 3. The van der Waals surface area contributed by atoms with Crippen molar-refractivity contribution in [2.24, 2.45) is 5.73 Å². The fraction of sp³-hybridized carbons (Fsp3) is 0.571. The number of aliphatic hydroxyl groups excluding tert-OH is 1. The first kappa shape index (κ1) is 31.3. The number of nitrogens with zero attached hydrogens (tertiary/aromatic N) is 7. The van der Waals surface area contributed by atoms with Gasteiger partial charge in [0, 0.05) is 99.4 Å². The molecule has 6 heterocycles. The van der Waals surface area contributed by atoms with Gasteiger partial charge in [0.05, 0.1) is 0 Å². The molecule has 1 aromatic carbocycles. The number of aryl methyl sites for hydroxylation is 2. The number of hydrogen-bond donors (Lipinski definition) is 3. The number of rotatable bonds is 7. The van der Waals surface area contributed by atoms with Crippen molar-refractivity contribution < 1.29 is 9.84 Å². The van der Waals surface area contributed by atoms with Gasteiger partial charge in [0.2, 0.25) is 0 Å². The molecule has 46 heavy (non-hydrogen) atoms. The van der Waals surface area contributed by atoms with Gasteiger partial charge in [0.15, 0.2) is 11.6 Å². The van der Waals surface area contributed by atoms with Crippen LogP contribution in [0.5, 0.6) is 0 Å². The van der Waals surface area contributed by atoms with Crippen molar-refractivity contribution in [2.75, 3.05) is 81.2 Å². The highest BCUT2D eigenvalue weighted by Gasteiger charge is 2.47. The number of nitrogens with one attached hydrogen (secondary N) is 1. The number of likely N-dealkylation sites (N-methyl/N-ethyl adjacent to an activating group) is 1. The number of nitrogens with two attached hydrogens (primary N) is 1. The summed E-state index contributed by atoms with van der Waals surface area (Å²) in [7, 11) is 2.22. The topological polar surface area (TPSA) is 119 Å². The molecule has 7 rings (SSSR count). The smallest absolute Gasteiger partial charge is 0.158 e. The molecule has 4 aliphatic heterocycles. The third kappa shape index (κ3) is 6.18. The maximum Gasteiger partial charge on any atom is 0.158 e. The number of hydrogen-bond acceptors (Lipinski definition) is 11. The molecule has 1 atom stereocenters. The Kier molecular flexibility index (Phi) is 8.86. The van der Waals surface area contributed by atoms with Gasteiger partial charge in [-0.2, -0.15) is 0 Å². The predicted molar refractivity (Wildman–Crippen MR) is 183 cm³/mol. The molecule has 4 aliphatic rings. The van der Waals surface area contributed by atoms with E-state index < -0.39 is 6.23 Å². The van der Waals surface area contributed by atoms with E-state index in [2.05, 4.69) is 62.1 Å². The fourth-order valence-electron chi connectivity index (χ4n) is 7.84. The molecule has 246 valence electrons. The van der Waals surface area contributed by atoms with Crippen LogP contribution in [0.25, 0.3) is 11.3 Å². The molecular formula is C35H49N9O2. The van der Waals surface area contributed by atoms with Gasteiger partial charge in [-0.25, -0.2) is 9.97 Å². The second-order valence-corrected chi connectivity index (χ2v) is 13.7. The Morgan fingerprint density at radius 3 is 2.37 bits per heavy atom. The molecule has 1 spiro atoms. The van der Waals surface area contributed by atoms with Gasteiger partial charge in [-0.15, -0.1) is 0 Å². The van der Waals surface area contributed by atoms with E-state index in [1.165, 1.54) is 50.3 Å². The molecule has 4 saturated heterocycles. The van der Waals surface area contributed by atoms with E-state index in [4.69, 9.17) is 20.4 Å². The maximum atomic E-state index is 10.7. The van der Waals surface area contributed by atoms with Crippen LogP contribution >= 0.6 is 0 Å². The van der Waals surface area contributed by atoms with Crippen LogP contribution in [0, 0.1) is 13.8 Å². The van der Waals surface area contributed by atoms with Crippen molar-refractivity contribution in [2.45, 2.75) is 63.8 Å². The lowest BCUT2D eigenvalue weighted by molar-refractivity contribution is 0.0285. The SMILES string of the molecule is Cc1cc(-c2nc(C(N)O)c(Nc3ccc(N4CCC(N5CCN(C)CC5)CC4)c(C)c3)nc2N2CCC23CCOCC3)ccn1. The zero-order valence-corrected chi connectivity index (χ0v) is 27.6. The average molecular weight is 628 g/mol. The summed E-state index contributed by atoms with van der Waals surface area (Å²) in [6.45, 7) is 13.4. The Balaban J connectivity index is 1.15. The Morgan fingerprint density at radius 2 is 1.72 bits per heavy atom. The summed E-state index contributed by atoms with van der Waals surface area (Å²) in [5.74, 6) is 1.29. The van der Waals surface area contributed by atoms with Gasteiger partial charge in [0.1, 0.15) is 17.6 Å². The summed E-state index contributed by atoms with van der Waals surface area (Å²) in [5.41, 5.74) is 12.4. The third-order valence-corrected chi connectivity index (χ3v) is 10.7. The minimum absolute atomic E-state index is 0.0138. The first-order valence-electron chi connectivity index (χ1n) is 17.0. The zero-order chi connectivity index (χ0) is 31.8. The highest BCUT2D eigenvalue weighted by atomic mass is 16.5. The lowest BCUT2D eigenvalue weighted by atomic mass is 9.77. The van der Waals surface area contributed by atoms with Crippen LogP contribution in [0.4, 0.5) is 23.0 Å². The molecule has 0 saturated carbocycles. The molecule has 4 N–H and O–H groups in total. The highest BCUT2D eigenvalue weighted by Crippen LogP contribution is 2.46. The minimum Gasteiger partial charge on any atom is -0.381 e. The summed E-state index contributed by atoms with van der Waals surface area (Å²) >= 11 is 0. The van der Waals surface area contributed by atoms with Crippen LogP contribution in [-0.2, 0) is 4.74 Å². The van der Waals surface area contributed by atoms with E-state index >= 15 is 0 Å². The molecular weight excluding hydrogens is 578 g/mol. The molecule has 0 bridgehead atoms. The summed E-state index contributed by atoms with van der Waals surface area (Å²) in [5, 5.41) is 14.2. The predicted octanol–water partition coefficient (Wildman–Crippen LogP) is 3.82.